The van der Waals surface area contributed by atoms with E-state index in [1.165, 1.54) is 5.39 Å². The lowest BCUT2D eigenvalue weighted by Crippen LogP contribution is -2.07. The lowest BCUT2D eigenvalue weighted by Gasteiger charge is -2.16. The molecule has 0 bridgehead atoms. The predicted molar refractivity (Wildman–Crippen MR) is 281 cm³/mol. The molecule has 0 unspecified atom stereocenters. The molecule has 0 aliphatic rings. The van der Waals surface area contributed by atoms with E-state index in [0.29, 0.717) is 17.6 Å². The third-order valence-corrected chi connectivity index (χ3v) is 13.2. The molecule has 13 rings (SSSR count). The van der Waals surface area contributed by atoms with Crippen molar-refractivity contribution in [2.75, 3.05) is 0 Å². The lowest BCUT2D eigenvalue weighted by molar-refractivity contribution is 0.953. The third kappa shape index (κ3) is 6.76. The molecule has 0 N–H and O–H groups in total. The van der Waals surface area contributed by atoms with E-state index in [2.05, 4.69) is 246 Å². The highest BCUT2D eigenvalue weighted by Gasteiger charge is 2.24. The Kier molecular flexibility index (Phi) is 9.43. The van der Waals surface area contributed by atoms with Gasteiger partial charge in [-0.2, -0.15) is 9.97 Å². The molecule has 0 atom stereocenters. The van der Waals surface area contributed by atoms with E-state index in [1.807, 2.05) is 12.1 Å². The molecule has 0 fully saturated rings. The normalized spacial score (nSPS) is 11.5. The van der Waals surface area contributed by atoms with Gasteiger partial charge in [-0.25, -0.2) is 4.98 Å². The van der Waals surface area contributed by atoms with Gasteiger partial charge in [-0.05, 0) is 74.8 Å². The standard InChI is InChI=1S/C63H41N5/c1-5-17-42(18-6-1)46-29-33-48(34-30-46)61-64-62(49-35-31-47(32-36-49)43-19-7-2-8-20-43)66-63(65-61)68-58-28-16-14-26-54(58)56-38-37-55-53-25-13-15-27-57(53)67(59(55)60(56)68)52-40-50(44-21-9-3-10-22-44)39-51(41-52)45-23-11-4-12-24-45/h1-41H. The molecule has 0 aliphatic heterocycles. The Balaban J connectivity index is 1.10. The smallest absolute Gasteiger partial charge is 0.238 e. The molecule has 0 aliphatic carbocycles. The van der Waals surface area contributed by atoms with Gasteiger partial charge < -0.3 is 4.57 Å². The van der Waals surface area contributed by atoms with Crippen LogP contribution >= 0.6 is 0 Å². The van der Waals surface area contributed by atoms with Gasteiger partial charge >= 0.3 is 0 Å². The topological polar surface area (TPSA) is 48.5 Å². The fraction of sp³-hybridized carbons (Fsp3) is 0. The molecule has 3 aromatic heterocycles. The number of nitrogens with zero attached hydrogens (tertiary/aromatic N) is 5. The zero-order chi connectivity index (χ0) is 45.0. The number of hydrogen-bond acceptors (Lipinski definition) is 3. The van der Waals surface area contributed by atoms with Gasteiger partial charge in [0.05, 0.1) is 22.1 Å². The molecule has 13 aromatic rings. The minimum absolute atomic E-state index is 0.544. The Morgan fingerprint density at radius 2 is 0.574 bits per heavy atom. The van der Waals surface area contributed by atoms with Gasteiger partial charge in [0.2, 0.25) is 5.95 Å². The van der Waals surface area contributed by atoms with E-state index in [9.17, 15) is 0 Å². The molecule has 318 valence electrons. The highest BCUT2D eigenvalue weighted by molar-refractivity contribution is 6.23. The van der Waals surface area contributed by atoms with E-state index in [0.717, 1.165) is 99.5 Å². The van der Waals surface area contributed by atoms with Crippen molar-refractivity contribution in [2.45, 2.75) is 0 Å². The van der Waals surface area contributed by atoms with Crippen LogP contribution in [0.4, 0.5) is 0 Å². The van der Waals surface area contributed by atoms with Crippen molar-refractivity contribution >= 4 is 43.6 Å². The summed E-state index contributed by atoms with van der Waals surface area (Å²) in [6.45, 7) is 0. The first-order valence-electron chi connectivity index (χ1n) is 23.0. The molecule has 0 saturated heterocycles. The second kappa shape index (κ2) is 16.4. The average Bonchev–Trinajstić information content (AvgIpc) is 3.95. The van der Waals surface area contributed by atoms with Crippen molar-refractivity contribution in [1.29, 1.82) is 0 Å². The Bertz CT molecular complexity index is 3810. The monoisotopic (exact) mass is 867 g/mol. The van der Waals surface area contributed by atoms with E-state index in [-0.39, 0.29) is 0 Å². The van der Waals surface area contributed by atoms with Crippen LogP contribution < -0.4 is 0 Å². The Morgan fingerprint density at radius 1 is 0.235 bits per heavy atom. The van der Waals surface area contributed by atoms with Crippen LogP contribution in [0.15, 0.2) is 249 Å². The molecule has 0 saturated carbocycles. The molecule has 0 amide bonds. The molecule has 68 heavy (non-hydrogen) atoms. The zero-order valence-corrected chi connectivity index (χ0v) is 36.9. The average molecular weight is 868 g/mol. The number of para-hydroxylation sites is 2. The first-order chi connectivity index (χ1) is 33.7. The third-order valence-electron chi connectivity index (χ3n) is 13.2. The Morgan fingerprint density at radius 3 is 1.01 bits per heavy atom. The number of benzene rings is 10. The highest BCUT2D eigenvalue weighted by Crippen LogP contribution is 2.43. The second-order valence-corrected chi connectivity index (χ2v) is 17.2. The van der Waals surface area contributed by atoms with Crippen LogP contribution in [0, 0.1) is 0 Å². The Labute approximate surface area is 393 Å². The van der Waals surface area contributed by atoms with E-state index in [4.69, 9.17) is 15.0 Å². The first kappa shape index (κ1) is 39.2. The second-order valence-electron chi connectivity index (χ2n) is 17.2. The summed E-state index contributed by atoms with van der Waals surface area (Å²) in [6, 6.07) is 88.3. The van der Waals surface area contributed by atoms with Crippen molar-refractivity contribution in [3.63, 3.8) is 0 Å². The summed E-state index contributed by atoms with van der Waals surface area (Å²) in [6.07, 6.45) is 0. The van der Waals surface area contributed by atoms with Crippen molar-refractivity contribution in [3.05, 3.63) is 249 Å². The van der Waals surface area contributed by atoms with E-state index >= 15 is 0 Å². The largest absolute Gasteiger partial charge is 0.307 e. The molecular weight excluding hydrogens is 827 g/mol. The number of fused-ring (bicyclic) bond motifs is 7. The van der Waals surface area contributed by atoms with Gasteiger partial charge in [0, 0.05) is 38.4 Å². The summed E-state index contributed by atoms with van der Waals surface area (Å²) < 4.78 is 4.72. The lowest BCUT2D eigenvalue weighted by atomic mass is 9.98. The highest BCUT2D eigenvalue weighted by atomic mass is 15.2. The summed E-state index contributed by atoms with van der Waals surface area (Å²) in [4.78, 5) is 16.1. The van der Waals surface area contributed by atoms with Gasteiger partial charge in [-0.1, -0.05) is 218 Å². The Hall–Kier alpha value is -9.19. The fourth-order valence-electron chi connectivity index (χ4n) is 9.92. The molecule has 0 spiro atoms. The van der Waals surface area contributed by atoms with E-state index in [1.54, 1.807) is 0 Å². The first-order valence-corrected chi connectivity index (χ1v) is 23.0. The minimum atomic E-state index is 0.544. The predicted octanol–water partition coefficient (Wildman–Crippen LogP) is 16.1. The molecule has 5 nitrogen and oxygen atoms in total. The van der Waals surface area contributed by atoms with E-state index < -0.39 is 0 Å². The van der Waals surface area contributed by atoms with Gasteiger partial charge in [0.15, 0.2) is 11.6 Å². The van der Waals surface area contributed by atoms with Gasteiger partial charge in [0.1, 0.15) is 0 Å². The van der Waals surface area contributed by atoms with Gasteiger partial charge in [-0.15, -0.1) is 0 Å². The zero-order valence-electron chi connectivity index (χ0n) is 36.9. The SMILES string of the molecule is c1ccc(-c2ccc(-c3nc(-c4ccc(-c5ccccc5)cc4)nc(-n4c5ccccc5c5ccc6c7ccccc7n(-c7cc(-c8ccccc8)cc(-c8ccccc8)c7)c6c54)n3)cc2)cc1. The van der Waals surface area contributed by atoms with Crippen LogP contribution in [0.2, 0.25) is 0 Å². The molecule has 0 radical (unpaired) electrons. The van der Waals surface area contributed by atoms with Crippen LogP contribution in [-0.2, 0) is 0 Å². The fourth-order valence-corrected chi connectivity index (χ4v) is 9.92. The molecule has 5 heteroatoms. The van der Waals surface area contributed by atoms with Crippen molar-refractivity contribution in [2.24, 2.45) is 0 Å². The van der Waals surface area contributed by atoms with Crippen LogP contribution in [0.25, 0.3) is 123 Å². The maximum Gasteiger partial charge on any atom is 0.238 e. The number of aromatic nitrogens is 5. The van der Waals surface area contributed by atoms with Crippen LogP contribution in [0.1, 0.15) is 0 Å². The summed E-state index contributed by atoms with van der Waals surface area (Å²) in [5, 5.41) is 4.54. The number of hydrogen-bond donors (Lipinski definition) is 0. The van der Waals surface area contributed by atoms with Crippen LogP contribution in [0.3, 0.4) is 0 Å². The summed E-state index contributed by atoms with van der Waals surface area (Å²) >= 11 is 0. The number of rotatable bonds is 8. The molecular formula is C63H41N5. The summed E-state index contributed by atoms with van der Waals surface area (Å²) in [7, 11) is 0. The van der Waals surface area contributed by atoms with Crippen molar-refractivity contribution in [1.82, 2.24) is 24.1 Å². The maximum atomic E-state index is 5.44. The van der Waals surface area contributed by atoms with Crippen molar-refractivity contribution in [3.8, 4) is 78.9 Å². The van der Waals surface area contributed by atoms with Crippen LogP contribution in [0.5, 0.6) is 0 Å². The van der Waals surface area contributed by atoms with Crippen molar-refractivity contribution < 1.29 is 0 Å². The summed E-state index contributed by atoms with van der Waals surface area (Å²) in [5.41, 5.74) is 16.3. The molecule has 10 aromatic carbocycles. The van der Waals surface area contributed by atoms with Gasteiger partial charge in [-0.3, -0.25) is 4.57 Å². The summed E-state index contributed by atoms with van der Waals surface area (Å²) in [5.74, 6) is 1.74. The van der Waals surface area contributed by atoms with Crippen LogP contribution in [-0.4, -0.2) is 24.1 Å². The van der Waals surface area contributed by atoms with Gasteiger partial charge in [0.25, 0.3) is 0 Å². The quantitative estimate of drug-likeness (QED) is 0.153. The molecule has 3 heterocycles. The minimum Gasteiger partial charge on any atom is -0.307 e. The maximum absolute atomic E-state index is 5.44.